The van der Waals surface area contributed by atoms with E-state index >= 15 is 0 Å². The van der Waals surface area contributed by atoms with Crippen molar-refractivity contribution in [2.75, 3.05) is 6.61 Å². The third kappa shape index (κ3) is 9.66. The zero-order chi connectivity index (χ0) is 19.3. The van der Waals surface area contributed by atoms with Gasteiger partial charge in [0.05, 0.1) is 11.7 Å². The highest BCUT2D eigenvalue weighted by Crippen LogP contribution is 2.41. The van der Waals surface area contributed by atoms with Crippen molar-refractivity contribution >= 4 is 14.6 Å². The number of carbonyl (C=O) groups is 1. The molecule has 0 aromatic carbocycles. The SMILES string of the molecule is CCCCCCCCCCCC[C@@]1(O[Si](C)(C)C)CCC[C@H]1OCC=O. The van der Waals surface area contributed by atoms with Crippen LogP contribution in [0.15, 0.2) is 0 Å². The first kappa shape index (κ1) is 23.8. The van der Waals surface area contributed by atoms with E-state index in [1.807, 2.05) is 0 Å². The van der Waals surface area contributed by atoms with Gasteiger partial charge in [-0.2, -0.15) is 0 Å². The quantitative estimate of drug-likeness (QED) is 0.170. The summed E-state index contributed by atoms with van der Waals surface area (Å²) >= 11 is 0. The minimum atomic E-state index is -1.64. The monoisotopic (exact) mass is 384 g/mol. The van der Waals surface area contributed by atoms with Crippen molar-refractivity contribution in [2.45, 2.75) is 128 Å². The van der Waals surface area contributed by atoms with Crippen molar-refractivity contribution in [3.63, 3.8) is 0 Å². The molecule has 1 saturated carbocycles. The topological polar surface area (TPSA) is 35.5 Å². The summed E-state index contributed by atoms with van der Waals surface area (Å²) in [5.41, 5.74) is -0.131. The first-order chi connectivity index (χ1) is 12.4. The van der Waals surface area contributed by atoms with Gasteiger partial charge in [0, 0.05) is 0 Å². The van der Waals surface area contributed by atoms with Gasteiger partial charge in [-0.1, -0.05) is 71.1 Å². The maximum absolute atomic E-state index is 10.7. The summed E-state index contributed by atoms with van der Waals surface area (Å²) in [5.74, 6) is 0. The lowest BCUT2D eigenvalue weighted by Crippen LogP contribution is -2.49. The third-order valence-corrected chi connectivity index (χ3v) is 6.50. The molecule has 1 aliphatic carbocycles. The number of ether oxygens (including phenoxy) is 1. The van der Waals surface area contributed by atoms with Gasteiger partial charge in [0.15, 0.2) is 8.32 Å². The van der Waals surface area contributed by atoms with E-state index in [0.29, 0.717) is 0 Å². The molecule has 1 rings (SSSR count). The lowest BCUT2D eigenvalue weighted by atomic mass is 9.92. The van der Waals surface area contributed by atoms with Crippen LogP contribution in [0.4, 0.5) is 0 Å². The molecule has 0 saturated heterocycles. The minimum Gasteiger partial charge on any atom is -0.410 e. The van der Waals surface area contributed by atoms with Gasteiger partial charge in [-0.3, -0.25) is 0 Å². The Morgan fingerprint density at radius 1 is 0.962 bits per heavy atom. The summed E-state index contributed by atoms with van der Waals surface area (Å²) in [5, 5.41) is 0. The van der Waals surface area contributed by atoms with Crippen LogP contribution in [0, 0.1) is 0 Å². The average molecular weight is 385 g/mol. The van der Waals surface area contributed by atoms with Gasteiger partial charge in [-0.15, -0.1) is 0 Å². The minimum absolute atomic E-state index is 0.109. The molecule has 2 atom stereocenters. The second-order valence-corrected chi connectivity index (χ2v) is 13.5. The molecule has 1 aliphatic rings. The second-order valence-electron chi connectivity index (χ2n) is 9.09. The Hall–Kier alpha value is -0.193. The average Bonchev–Trinajstić information content (AvgIpc) is 2.95. The molecule has 0 heterocycles. The Kier molecular flexibility index (Phi) is 12.0. The fraction of sp³-hybridized carbons (Fsp3) is 0.955. The number of aldehydes is 1. The number of carbonyl (C=O) groups excluding carboxylic acids is 1. The molecule has 0 unspecified atom stereocenters. The van der Waals surface area contributed by atoms with Crippen LogP contribution in [-0.4, -0.2) is 32.9 Å². The highest BCUT2D eigenvalue weighted by atomic mass is 28.4. The molecular formula is C22H44O3Si. The van der Waals surface area contributed by atoms with Crippen LogP contribution in [0.2, 0.25) is 19.6 Å². The molecule has 0 spiro atoms. The van der Waals surface area contributed by atoms with Gasteiger partial charge in [0.25, 0.3) is 0 Å². The molecule has 0 bridgehead atoms. The molecule has 0 aromatic rings. The van der Waals surface area contributed by atoms with E-state index in [1.165, 1.54) is 64.2 Å². The van der Waals surface area contributed by atoms with Gasteiger partial charge in [0.1, 0.15) is 12.9 Å². The summed E-state index contributed by atoms with van der Waals surface area (Å²) in [7, 11) is -1.64. The van der Waals surface area contributed by atoms with E-state index < -0.39 is 8.32 Å². The Balaban J connectivity index is 2.32. The Morgan fingerprint density at radius 2 is 1.54 bits per heavy atom. The lowest BCUT2D eigenvalue weighted by Gasteiger charge is -2.40. The lowest BCUT2D eigenvalue weighted by molar-refractivity contribution is -0.121. The molecule has 1 fully saturated rings. The van der Waals surface area contributed by atoms with Gasteiger partial charge >= 0.3 is 0 Å². The van der Waals surface area contributed by atoms with Crippen molar-refractivity contribution in [2.24, 2.45) is 0 Å². The van der Waals surface area contributed by atoms with Gasteiger partial charge in [-0.05, 0) is 45.3 Å². The highest BCUT2D eigenvalue weighted by Gasteiger charge is 2.46. The van der Waals surface area contributed by atoms with Crippen molar-refractivity contribution in [1.29, 1.82) is 0 Å². The van der Waals surface area contributed by atoms with Gasteiger partial charge in [0.2, 0.25) is 0 Å². The number of hydrogen-bond donors (Lipinski definition) is 0. The van der Waals surface area contributed by atoms with Crippen LogP contribution in [0.3, 0.4) is 0 Å². The Labute approximate surface area is 163 Å². The Bertz CT molecular complexity index is 367. The van der Waals surface area contributed by atoms with E-state index in [4.69, 9.17) is 9.16 Å². The van der Waals surface area contributed by atoms with Crippen LogP contribution >= 0.6 is 0 Å². The smallest absolute Gasteiger partial charge is 0.184 e. The number of hydrogen-bond acceptors (Lipinski definition) is 3. The van der Waals surface area contributed by atoms with Gasteiger partial charge < -0.3 is 14.0 Å². The fourth-order valence-corrected chi connectivity index (χ4v) is 5.93. The van der Waals surface area contributed by atoms with E-state index in [0.717, 1.165) is 32.0 Å². The number of rotatable bonds is 16. The van der Waals surface area contributed by atoms with E-state index in [2.05, 4.69) is 26.6 Å². The summed E-state index contributed by atoms with van der Waals surface area (Å²) in [4.78, 5) is 10.7. The van der Waals surface area contributed by atoms with Crippen LogP contribution in [0.1, 0.15) is 96.8 Å². The van der Waals surface area contributed by atoms with Crippen molar-refractivity contribution < 1.29 is 14.0 Å². The zero-order valence-electron chi connectivity index (χ0n) is 18.0. The van der Waals surface area contributed by atoms with E-state index in [9.17, 15) is 4.79 Å². The highest BCUT2D eigenvalue weighted by molar-refractivity contribution is 6.69. The van der Waals surface area contributed by atoms with E-state index in [-0.39, 0.29) is 18.3 Å². The largest absolute Gasteiger partial charge is 0.410 e. The maximum Gasteiger partial charge on any atom is 0.184 e. The maximum atomic E-state index is 10.7. The molecule has 0 aliphatic heterocycles. The summed E-state index contributed by atoms with van der Waals surface area (Å²) in [6.45, 7) is 9.28. The molecule has 4 heteroatoms. The first-order valence-corrected chi connectivity index (χ1v) is 14.6. The molecule has 3 nitrogen and oxygen atoms in total. The number of unbranched alkanes of at least 4 members (excludes halogenated alkanes) is 9. The molecule has 0 amide bonds. The molecule has 0 radical (unpaired) electrons. The summed E-state index contributed by atoms with van der Waals surface area (Å²) in [6.07, 6.45) is 19.0. The van der Waals surface area contributed by atoms with Crippen LogP contribution in [0.25, 0.3) is 0 Å². The van der Waals surface area contributed by atoms with Gasteiger partial charge in [-0.25, -0.2) is 0 Å². The van der Waals surface area contributed by atoms with Crippen molar-refractivity contribution in [1.82, 2.24) is 0 Å². The third-order valence-electron chi connectivity index (χ3n) is 5.48. The molecule has 0 N–H and O–H groups in total. The summed E-state index contributed by atoms with van der Waals surface area (Å²) < 4.78 is 12.6. The predicted molar refractivity (Wildman–Crippen MR) is 113 cm³/mol. The normalized spacial score (nSPS) is 23.5. The van der Waals surface area contributed by atoms with Crippen LogP contribution in [0.5, 0.6) is 0 Å². The fourth-order valence-electron chi connectivity index (χ4n) is 4.38. The predicted octanol–water partition coefficient (Wildman–Crippen LogP) is 6.66. The first-order valence-electron chi connectivity index (χ1n) is 11.2. The molecule has 0 aromatic heterocycles. The molecule has 154 valence electrons. The Morgan fingerprint density at radius 3 is 2.08 bits per heavy atom. The standard InChI is InChI=1S/C22H44O3Si/c1-5-6-7-8-9-10-11-12-13-14-17-22(25-26(2,3)4)18-15-16-21(22)24-20-19-23/h19,21H,5-18,20H2,1-4H3/t21-,22-/m1/s1. The molecular weight excluding hydrogens is 340 g/mol. The van der Waals surface area contributed by atoms with Crippen LogP contribution < -0.4 is 0 Å². The van der Waals surface area contributed by atoms with E-state index in [1.54, 1.807) is 0 Å². The van der Waals surface area contributed by atoms with Crippen molar-refractivity contribution in [3.05, 3.63) is 0 Å². The molecule has 26 heavy (non-hydrogen) atoms. The summed E-state index contributed by atoms with van der Waals surface area (Å²) in [6, 6.07) is 0. The second kappa shape index (κ2) is 13.1. The zero-order valence-corrected chi connectivity index (χ0v) is 19.0. The van der Waals surface area contributed by atoms with Crippen molar-refractivity contribution in [3.8, 4) is 0 Å². The van der Waals surface area contributed by atoms with Crippen LogP contribution in [-0.2, 0) is 14.0 Å².